The number of nitrogen functional groups attached to an aromatic ring is 1. The van der Waals surface area contributed by atoms with Gasteiger partial charge in [0.25, 0.3) is 0 Å². The molecule has 30 heteroatoms. The zero-order valence-electron chi connectivity index (χ0n) is 29.5. The molecule has 0 bridgehead atoms. The number of aliphatic hydroxyl groups is 2. The Morgan fingerprint density at radius 3 is 2.46 bits per heavy atom. The van der Waals surface area contributed by atoms with Gasteiger partial charge >= 0.3 is 23.5 Å². The summed E-state index contributed by atoms with van der Waals surface area (Å²) in [4.78, 5) is 98.8. The largest absolute Gasteiger partial charge is 0.481 e. The van der Waals surface area contributed by atoms with Gasteiger partial charge in [0.2, 0.25) is 22.8 Å². The number of nitrogens with zero attached hydrogens (tertiary/aromatic N) is 4. The lowest BCUT2D eigenvalue weighted by Gasteiger charge is -2.30. The molecule has 2 aromatic rings. The monoisotopic (exact) mass is 878 g/mol. The van der Waals surface area contributed by atoms with Gasteiger partial charge in [-0.25, -0.2) is 28.6 Å². The Hall–Kier alpha value is -2.97. The van der Waals surface area contributed by atoms with E-state index in [4.69, 9.17) is 19.5 Å². The first-order valence-electron chi connectivity index (χ1n) is 16.3. The van der Waals surface area contributed by atoms with Crippen LogP contribution >= 0.6 is 35.2 Å². The van der Waals surface area contributed by atoms with Gasteiger partial charge in [-0.3, -0.25) is 37.3 Å². The quantitative estimate of drug-likeness (QED) is 0.0505. The molecule has 11 N–H and O–H groups in total. The second-order valence-electron chi connectivity index (χ2n) is 12.9. The van der Waals surface area contributed by atoms with E-state index in [1.54, 1.807) is 0 Å². The first-order valence-corrected chi connectivity index (χ1v) is 21.8. The van der Waals surface area contributed by atoms with Gasteiger partial charge in [-0.15, -0.1) is 0 Å². The number of aliphatic hydroxyl groups excluding tert-OH is 2. The smallest absolute Gasteiger partial charge is 0.386 e. The summed E-state index contributed by atoms with van der Waals surface area (Å²) in [5, 5.41) is 28.6. The highest BCUT2D eigenvalue weighted by Gasteiger charge is 2.50. The number of anilines is 1. The van der Waals surface area contributed by atoms with E-state index in [1.165, 1.54) is 13.8 Å². The summed E-state index contributed by atoms with van der Waals surface area (Å²) in [6.07, 6.45) is -6.33. The summed E-state index contributed by atoms with van der Waals surface area (Å²) in [5.74, 6) is -1.48. The summed E-state index contributed by atoms with van der Waals surface area (Å²) in [7, 11) is -16.4. The molecule has 2 aliphatic heterocycles. The van der Waals surface area contributed by atoms with Crippen LogP contribution in [0.1, 0.15) is 39.3 Å². The molecule has 8 unspecified atom stereocenters. The topological polar surface area (TPSA) is 393 Å². The van der Waals surface area contributed by atoms with E-state index in [1.807, 2.05) is 0 Å². The third-order valence-corrected chi connectivity index (χ3v) is 12.1. The Kier molecular flexibility index (Phi) is 15.3. The number of fused-ring (bicyclic) bond motifs is 1. The lowest BCUT2D eigenvalue weighted by Crippen LogP contribution is -2.46. The minimum atomic E-state index is -5.58. The summed E-state index contributed by atoms with van der Waals surface area (Å²) in [5.41, 5.74) is 4.23. The molecule has 0 aliphatic carbocycles. The molecule has 56 heavy (non-hydrogen) atoms. The SMILES string of the molecule is CC(C)(COP(=O)(O)OP(=O)(O)OCC1OC(n2cnc3c(N)ncnc32)C(O)C1OP(=O)(O)O)C(O)C(=O)NCCC(=O)NCCSC(=O)C1CCC(=O)N1. The molecule has 0 saturated carbocycles. The zero-order chi connectivity index (χ0) is 41.6. The molecule has 4 heterocycles. The van der Waals surface area contributed by atoms with Crippen LogP contribution < -0.4 is 21.7 Å². The van der Waals surface area contributed by atoms with Crippen molar-refractivity contribution >= 4 is 75.0 Å². The number of amides is 3. The molecule has 314 valence electrons. The number of hydrogen-bond acceptors (Lipinski definition) is 19. The molecule has 2 aliphatic rings. The summed E-state index contributed by atoms with van der Waals surface area (Å²) >= 11 is 0.955. The Bertz CT molecular complexity index is 1920. The van der Waals surface area contributed by atoms with Gasteiger partial charge < -0.3 is 56.2 Å². The van der Waals surface area contributed by atoms with Crippen molar-refractivity contribution < 1.29 is 85.3 Å². The van der Waals surface area contributed by atoms with Crippen LogP contribution in [0.5, 0.6) is 0 Å². The van der Waals surface area contributed by atoms with Gasteiger partial charge in [-0.1, -0.05) is 25.6 Å². The minimum Gasteiger partial charge on any atom is -0.386 e. The van der Waals surface area contributed by atoms with Crippen LogP contribution in [0, 0.1) is 5.41 Å². The maximum atomic E-state index is 12.7. The fraction of sp³-hybridized carbons (Fsp3) is 0.654. The number of carbonyl (C=O) groups is 4. The molecule has 26 nitrogen and oxygen atoms in total. The lowest BCUT2D eigenvalue weighted by molar-refractivity contribution is -0.137. The number of ether oxygens (including phenoxy) is 1. The summed E-state index contributed by atoms with van der Waals surface area (Å²) in [6.45, 7) is 0.333. The van der Waals surface area contributed by atoms with Crippen LogP contribution in [0.4, 0.5) is 5.82 Å². The third-order valence-electron chi connectivity index (χ3n) is 8.03. The second-order valence-corrected chi connectivity index (χ2v) is 18.2. The van der Waals surface area contributed by atoms with Gasteiger partial charge in [0.05, 0.1) is 25.6 Å². The number of nitrogens with one attached hydrogen (secondary N) is 3. The number of imidazole rings is 1. The number of nitrogens with two attached hydrogens (primary N) is 1. The molecule has 3 amide bonds. The Balaban J connectivity index is 1.23. The van der Waals surface area contributed by atoms with E-state index in [2.05, 4.69) is 39.7 Å². The van der Waals surface area contributed by atoms with E-state index >= 15 is 0 Å². The number of phosphoric acid groups is 3. The highest BCUT2D eigenvalue weighted by molar-refractivity contribution is 8.13. The number of aromatic nitrogens is 4. The molecule has 4 rings (SSSR count). The molecular weight excluding hydrogens is 837 g/mol. The summed E-state index contributed by atoms with van der Waals surface area (Å²) < 4.78 is 62.0. The highest BCUT2D eigenvalue weighted by atomic mass is 32.2. The second kappa shape index (κ2) is 18.7. The first-order chi connectivity index (χ1) is 26.0. The minimum absolute atomic E-state index is 0.0245. The fourth-order valence-corrected chi connectivity index (χ4v) is 8.79. The Morgan fingerprint density at radius 2 is 1.80 bits per heavy atom. The lowest BCUT2D eigenvalue weighted by atomic mass is 9.87. The molecule has 8 atom stereocenters. The van der Waals surface area contributed by atoms with Crippen LogP contribution in [-0.2, 0) is 55.5 Å². The molecule has 2 aromatic heterocycles. The van der Waals surface area contributed by atoms with E-state index in [9.17, 15) is 62.7 Å². The van der Waals surface area contributed by atoms with E-state index in [0.29, 0.717) is 6.42 Å². The van der Waals surface area contributed by atoms with Crippen molar-refractivity contribution in [1.82, 2.24) is 35.5 Å². The van der Waals surface area contributed by atoms with Crippen LogP contribution in [0.15, 0.2) is 12.7 Å². The zero-order valence-corrected chi connectivity index (χ0v) is 33.0. The molecule has 2 saturated heterocycles. The van der Waals surface area contributed by atoms with Gasteiger partial charge in [0.1, 0.15) is 36.3 Å². The van der Waals surface area contributed by atoms with Crippen molar-refractivity contribution in [3.05, 3.63) is 12.7 Å². The fourth-order valence-electron chi connectivity index (χ4n) is 5.17. The molecule has 0 spiro atoms. The average molecular weight is 879 g/mol. The molecule has 0 aromatic carbocycles. The number of hydrogen-bond donors (Lipinski definition) is 10. The van der Waals surface area contributed by atoms with Crippen molar-refractivity contribution in [3.8, 4) is 0 Å². The van der Waals surface area contributed by atoms with Crippen LogP contribution in [0.2, 0.25) is 0 Å². The van der Waals surface area contributed by atoms with Gasteiger partial charge in [-0.2, -0.15) is 4.31 Å². The maximum Gasteiger partial charge on any atom is 0.481 e. The third kappa shape index (κ3) is 12.8. The molecule has 0 radical (unpaired) electrons. The number of carbonyl (C=O) groups excluding carboxylic acids is 4. The van der Waals surface area contributed by atoms with Crippen molar-refractivity contribution in [1.29, 1.82) is 0 Å². The van der Waals surface area contributed by atoms with E-state index in [0.717, 1.165) is 29.0 Å². The predicted octanol–water partition coefficient (Wildman–Crippen LogP) is -2.06. The number of rotatable bonds is 20. The van der Waals surface area contributed by atoms with Crippen molar-refractivity contribution in [2.45, 2.75) is 69.8 Å². The van der Waals surface area contributed by atoms with Gasteiger partial charge in [-0.05, 0) is 6.42 Å². The molecular formula is C26H41N8O18P3S. The Morgan fingerprint density at radius 1 is 1.11 bits per heavy atom. The number of phosphoric ester groups is 3. The van der Waals surface area contributed by atoms with Crippen molar-refractivity contribution in [3.63, 3.8) is 0 Å². The predicted molar refractivity (Wildman–Crippen MR) is 188 cm³/mol. The van der Waals surface area contributed by atoms with E-state index in [-0.39, 0.29) is 59.7 Å². The summed E-state index contributed by atoms with van der Waals surface area (Å²) in [6, 6.07) is -0.555. The number of thioether (sulfide) groups is 1. The first kappa shape index (κ1) is 45.7. The Labute approximate surface area is 321 Å². The maximum absolute atomic E-state index is 12.7. The van der Waals surface area contributed by atoms with Crippen LogP contribution in [0.3, 0.4) is 0 Å². The normalized spacial score (nSPS) is 24.3. The van der Waals surface area contributed by atoms with Crippen LogP contribution in [-0.4, -0.2) is 135 Å². The average Bonchev–Trinajstić information content (AvgIpc) is 3.81. The van der Waals surface area contributed by atoms with E-state index < -0.39 is 90.6 Å². The standard InChI is InChI=1S/C26H41N8O18P3S/c1-26(2,20(38)23(39)29-6-5-15(35)28-7-8-56-25(40)13-3-4-16(36)33-13)10-49-55(46,47)52-54(44,45)48-9-14-19(51-53(41,42)43)18(37)24(50-14)34-12-32-17-21(27)30-11-31-22(17)34/h11-14,18-20,24,37-38H,3-10H2,1-2H3,(H,28,35)(H,29,39)(H,33,36)(H,44,45)(H,46,47)(H2,27,30,31)(H2,41,42,43). The highest BCUT2D eigenvalue weighted by Crippen LogP contribution is 2.61. The van der Waals surface area contributed by atoms with Crippen molar-refractivity contribution in [2.75, 3.05) is 37.8 Å². The molecule has 2 fully saturated rings. The van der Waals surface area contributed by atoms with Crippen LogP contribution in [0.25, 0.3) is 11.2 Å². The van der Waals surface area contributed by atoms with Gasteiger partial charge in [0.15, 0.2) is 17.7 Å². The van der Waals surface area contributed by atoms with Crippen molar-refractivity contribution in [2.24, 2.45) is 5.41 Å². The van der Waals surface area contributed by atoms with Gasteiger partial charge in [0, 0.05) is 37.1 Å².